The zero-order chi connectivity index (χ0) is 29.0. The van der Waals surface area contributed by atoms with Gasteiger partial charge in [0.15, 0.2) is 11.6 Å². The Morgan fingerprint density at radius 1 is 1.07 bits per heavy atom. The van der Waals surface area contributed by atoms with Crippen molar-refractivity contribution >= 4 is 22.8 Å². The fourth-order valence-corrected chi connectivity index (χ4v) is 4.36. The summed E-state index contributed by atoms with van der Waals surface area (Å²) < 4.78 is 12.9. The number of para-hydroxylation sites is 1. The monoisotopic (exact) mass is 542 g/mol. The van der Waals surface area contributed by atoms with Crippen molar-refractivity contribution in [2.75, 3.05) is 6.61 Å². The van der Waals surface area contributed by atoms with Gasteiger partial charge in [-0.25, -0.2) is 4.98 Å². The van der Waals surface area contributed by atoms with Crippen LogP contribution in [-0.2, 0) is 0 Å². The smallest absolute Gasteiger partial charge is 0.311 e. The quantitative estimate of drug-likeness (QED) is 0.123. The van der Waals surface area contributed by atoms with E-state index in [4.69, 9.17) is 14.5 Å². The van der Waals surface area contributed by atoms with Gasteiger partial charge < -0.3 is 9.47 Å². The minimum absolute atomic E-state index is 0.168. The molecular weight excluding hydrogens is 508 g/mol. The molecule has 0 spiro atoms. The highest BCUT2D eigenvalue weighted by molar-refractivity contribution is 5.83. The Kier molecular flexibility index (Phi) is 8.62. The van der Waals surface area contributed by atoms with E-state index < -0.39 is 4.92 Å². The van der Waals surface area contributed by atoms with Crippen LogP contribution in [0.25, 0.3) is 22.3 Å². The lowest BCUT2D eigenvalue weighted by Crippen LogP contribution is -2.21. The van der Waals surface area contributed by atoms with Gasteiger partial charge in [0.05, 0.1) is 34.8 Å². The molecule has 0 saturated heterocycles. The van der Waals surface area contributed by atoms with Gasteiger partial charge >= 0.3 is 5.69 Å². The molecule has 40 heavy (non-hydrogen) atoms. The van der Waals surface area contributed by atoms with Crippen molar-refractivity contribution in [3.63, 3.8) is 0 Å². The molecule has 0 aliphatic rings. The number of nitro groups is 1. The number of benzene rings is 3. The molecule has 4 aromatic rings. The predicted molar refractivity (Wildman–Crippen MR) is 158 cm³/mol. The number of hydrogen-bond acceptors (Lipinski definition) is 7. The zero-order valence-electron chi connectivity index (χ0n) is 23.7. The molecular formula is C31H34N4O5. The van der Waals surface area contributed by atoms with Crippen molar-refractivity contribution in [1.29, 1.82) is 0 Å². The van der Waals surface area contributed by atoms with E-state index in [-0.39, 0.29) is 29.0 Å². The van der Waals surface area contributed by atoms with Gasteiger partial charge in [-0.15, -0.1) is 0 Å². The summed E-state index contributed by atoms with van der Waals surface area (Å²) in [7, 11) is 0. The average molecular weight is 543 g/mol. The number of ether oxygens (including phenoxy) is 2. The summed E-state index contributed by atoms with van der Waals surface area (Å²) in [4.78, 5) is 29.8. The van der Waals surface area contributed by atoms with E-state index in [1.165, 1.54) is 17.0 Å². The van der Waals surface area contributed by atoms with E-state index in [1.807, 2.05) is 45.9 Å². The molecule has 0 bridgehead atoms. The topological polar surface area (TPSA) is 109 Å². The van der Waals surface area contributed by atoms with Crippen LogP contribution in [0.3, 0.4) is 0 Å². The fraction of sp³-hybridized carbons (Fsp3) is 0.323. The van der Waals surface area contributed by atoms with Crippen molar-refractivity contribution in [1.82, 2.24) is 9.66 Å². The summed E-state index contributed by atoms with van der Waals surface area (Å²) in [6.45, 7) is 12.4. The van der Waals surface area contributed by atoms with Gasteiger partial charge in [0, 0.05) is 17.2 Å². The van der Waals surface area contributed by atoms with E-state index in [0.717, 1.165) is 22.4 Å². The summed E-state index contributed by atoms with van der Waals surface area (Å²) in [5, 5.41) is 16.7. The summed E-state index contributed by atoms with van der Waals surface area (Å²) in [6.07, 6.45) is 1.97. The predicted octanol–water partition coefficient (Wildman–Crippen LogP) is 6.86. The molecule has 9 nitrogen and oxygen atoms in total. The molecule has 0 N–H and O–H groups in total. The van der Waals surface area contributed by atoms with Gasteiger partial charge in [0.25, 0.3) is 5.56 Å². The third kappa shape index (κ3) is 5.88. The molecule has 1 heterocycles. The van der Waals surface area contributed by atoms with Gasteiger partial charge in [-0.2, -0.15) is 9.78 Å². The van der Waals surface area contributed by atoms with Crippen molar-refractivity contribution < 1.29 is 14.4 Å². The maximum absolute atomic E-state index is 13.7. The molecule has 0 radical (unpaired) electrons. The summed E-state index contributed by atoms with van der Waals surface area (Å²) in [6, 6.07) is 15.7. The first-order chi connectivity index (χ1) is 19.1. The van der Waals surface area contributed by atoms with Gasteiger partial charge in [-0.3, -0.25) is 14.9 Å². The van der Waals surface area contributed by atoms with Crippen LogP contribution in [0.2, 0.25) is 0 Å². The van der Waals surface area contributed by atoms with E-state index in [0.29, 0.717) is 35.3 Å². The van der Waals surface area contributed by atoms with E-state index in [2.05, 4.69) is 18.9 Å². The SMILES string of the molecule is CCOc1cc(C)c(-c2nc3ccccc3c(=O)n2N=Cc2ccc(O[C@@H](C)CC)c([N+](=O)[O-])c2)cc1C(C)C. The number of nitrogens with zero attached hydrogens (tertiary/aromatic N) is 4. The minimum atomic E-state index is -0.485. The normalized spacial score (nSPS) is 12.3. The Balaban J connectivity index is 1.90. The Labute approximate surface area is 233 Å². The third-order valence-electron chi connectivity index (χ3n) is 6.68. The maximum Gasteiger partial charge on any atom is 0.311 e. The average Bonchev–Trinajstić information content (AvgIpc) is 2.93. The van der Waals surface area contributed by atoms with Crippen LogP contribution in [0, 0.1) is 17.0 Å². The van der Waals surface area contributed by atoms with Crippen LogP contribution in [0.15, 0.2) is 64.5 Å². The van der Waals surface area contributed by atoms with Gasteiger partial charge in [0.2, 0.25) is 0 Å². The van der Waals surface area contributed by atoms with Gasteiger partial charge in [-0.1, -0.05) is 32.9 Å². The lowest BCUT2D eigenvalue weighted by atomic mass is 9.96. The second-order valence-electron chi connectivity index (χ2n) is 9.93. The van der Waals surface area contributed by atoms with E-state index in [1.54, 1.807) is 30.3 Å². The maximum atomic E-state index is 13.7. The number of hydrogen-bond donors (Lipinski definition) is 0. The molecule has 3 aromatic carbocycles. The lowest BCUT2D eigenvalue weighted by Gasteiger charge is -2.18. The Morgan fingerprint density at radius 2 is 1.82 bits per heavy atom. The van der Waals surface area contributed by atoms with Crippen molar-refractivity contribution in [2.24, 2.45) is 5.10 Å². The molecule has 4 rings (SSSR count). The molecule has 0 fully saturated rings. The number of aromatic nitrogens is 2. The summed E-state index contributed by atoms with van der Waals surface area (Å²) >= 11 is 0. The molecule has 1 aromatic heterocycles. The lowest BCUT2D eigenvalue weighted by molar-refractivity contribution is -0.386. The van der Waals surface area contributed by atoms with Crippen LogP contribution in [0.1, 0.15) is 63.6 Å². The van der Waals surface area contributed by atoms with Crippen LogP contribution in [0.5, 0.6) is 11.5 Å². The van der Waals surface area contributed by atoms with E-state index in [9.17, 15) is 14.9 Å². The number of rotatable bonds is 10. The number of fused-ring (bicyclic) bond motifs is 1. The van der Waals surface area contributed by atoms with Gasteiger partial charge in [0.1, 0.15) is 5.75 Å². The molecule has 1 atom stereocenters. The molecule has 208 valence electrons. The molecule has 9 heteroatoms. The Bertz CT molecular complexity index is 1640. The first kappa shape index (κ1) is 28.5. The first-order valence-electron chi connectivity index (χ1n) is 13.4. The minimum Gasteiger partial charge on any atom is -0.494 e. The first-order valence-corrected chi connectivity index (χ1v) is 13.4. The van der Waals surface area contributed by atoms with Crippen molar-refractivity contribution in [2.45, 2.75) is 60.0 Å². The Hall–Kier alpha value is -4.53. The van der Waals surface area contributed by atoms with Crippen LogP contribution in [-0.4, -0.2) is 33.5 Å². The third-order valence-corrected chi connectivity index (χ3v) is 6.68. The van der Waals surface area contributed by atoms with E-state index >= 15 is 0 Å². The highest BCUT2D eigenvalue weighted by Crippen LogP contribution is 2.34. The van der Waals surface area contributed by atoms with Crippen LogP contribution >= 0.6 is 0 Å². The second-order valence-corrected chi connectivity index (χ2v) is 9.93. The fourth-order valence-electron chi connectivity index (χ4n) is 4.36. The second kappa shape index (κ2) is 12.1. The zero-order valence-corrected chi connectivity index (χ0v) is 23.7. The largest absolute Gasteiger partial charge is 0.494 e. The summed E-state index contributed by atoms with van der Waals surface area (Å²) in [5.74, 6) is 1.52. The highest BCUT2D eigenvalue weighted by atomic mass is 16.6. The Morgan fingerprint density at radius 3 is 2.50 bits per heavy atom. The highest BCUT2D eigenvalue weighted by Gasteiger charge is 2.20. The van der Waals surface area contributed by atoms with Crippen LogP contribution < -0.4 is 15.0 Å². The van der Waals surface area contributed by atoms with Gasteiger partial charge in [-0.05, 0) is 80.6 Å². The number of nitro benzene ring substituents is 1. The standard InChI is InChI=1S/C31H34N4O5/c1-7-21(6)40-28-14-13-22(16-27(28)35(37)38)18-32-34-30(33-26-12-10-9-11-23(26)31(34)36)25-17-24(19(3)4)29(39-8-2)15-20(25)5/h9-19,21H,7-8H2,1-6H3/t21-/m0/s1. The molecule has 0 aliphatic heterocycles. The molecule has 0 saturated carbocycles. The van der Waals surface area contributed by atoms with Crippen LogP contribution in [0.4, 0.5) is 5.69 Å². The molecule has 0 amide bonds. The van der Waals surface area contributed by atoms with Crippen molar-refractivity contribution in [3.8, 4) is 22.9 Å². The molecule has 0 unspecified atom stereocenters. The number of aryl methyl sites for hydroxylation is 1. The van der Waals surface area contributed by atoms with Crippen molar-refractivity contribution in [3.05, 3.63) is 91.8 Å². The molecule has 0 aliphatic carbocycles. The summed E-state index contributed by atoms with van der Waals surface area (Å²) in [5.41, 5.74) is 3.10.